The van der Waals surface area contributed by atoms with Gasteiger partial charge in [0, 0.05) is 13.1 Å². The fraction of sp³-hybridized carbons (Fsp3) is 0.263. The van der Waals surface area contributed by atoms with Gasteiger partial charge in [0.25, 0.3) is 0 Å². The molecule has 0 unspecified atom stereocenters. The standard InChI is InChI=1S/2C7H6O2.C5H13NO2/c2*8-7(9)6-4-2-1-3-5-6;1-6(2-4-7)3-5-8/h2*1-5H,(H,8,9);7-8H,2-5H2,1H3. The number of aliphatic hydroxyl groups is 2. The van der Waals surface area contributed by atoms with Crippen LogP contribution >= 0.6 is 0 Å². The molecule has 0 fully saturated rings. The molecule has 4 N–H and O–H groups in total. The molecule has 0 atom stereocenters. The Morgan fingerprint density at radius 2 is 1.04 bits per heavy atom. The SMILES string of the molecule is CN(CCO)CCO.O=C(O)c1ccccc1.O=C(O)c1ccccc1. The van der Waals surface area contributed by atoms with Crippen molar-refractivity contribution in [1.82, 2.24) is 4.90 Å². The second-order valence-corrected chi connectivity index (χ2v) is 5.09. The van der Waals surface area contributed by atoms with E-state index in [2.05, 4.69) is 0 Å². The van der Waals surface area contributed by atoms with Crippen molar-refractivity contribution in [2.75, 3.05) is 33.4 Å². The molecule has 0 aliphatic rings. The number of aromatic carboxylic acids is 2. The van der Waals surface area contributed by atoms with Crippen LogP contribution in [0.3, 0.4) is 0 Å². The minimum absolute atomic E-state index is 0.163. The molecule has 0 spiro atoms. The van der Waals surface area contributed by atoms with Crippen LogP contribution in [-0.4, -0.2) is 70.6 Å². The minimum atomic E-state index is -0.879. The molecule has 26 heavy (non-hydrogen) atoms. The second-order valence-electron chi connectivity index (χ2n) is 5.09. The van der Waals surface area contributed by atoms with E-state index >= 15 is 0 Å². The Kier molecular flexibility index (Phi) is 13.1. The van der Waals surface area contributed by atoms with Gasteiger partial charge in [0.05, 0.1) is 24.3 Å². The lowest BCUT2D eigenvalue weighted by Gasteiger charge is -2.11. The van der Waals surface area contributed by atoms with Crippen molar-refractivity contribution >= 4 is 11.9 Å². The van der Waals surface area contributed by atoms with E-state index in [4.69, 9.17) is 20.4 Å². The van der Waals surface area contributed by atoms with E-state index in [0.29, 0.717) is 24.2 Å². The molecule has 0 aromatic heterocycles. The number of carboxylic acids is 2. The molecule has 0 aliphatic carbocycles. The van der Waals surface area contributed by atoms with Gasteiger partial charge in [-0.15, -0.1) is 0 Å². The van der Waals surface area contributed by atoms with Gasteiger partial charge in [-0.25, -0.2) is 9.59 Å². The molecular formula is C19H25NO6. The average Bonchev–Trinajstić information content (AvgIpc) is 2.65. The lowest BCUT2D eigenvalue weighted by atomic mass is 10.2. The Balaban J connectivity index is 0.000000362. The molecule has 7 heteroatoms. The Labute approximate surface area is 152 Å². The van der Waals surface area contributed by atoms with Crippen LogP contribution in [0, 0.1) is 0 Å². The van der Waals surface area contributed by atoms with Crippen molar-refractivity contribution < 1.29 is 30.0 Å². The number of aliphatic hydroxyl groups excluding tert-OH is 2. The Bertz CT molecular complexity index is 563. The maximum Gasteiger partial charge on any atom is 0.335 e. The summed E-state index contributed by atoms with van der Waals surface area (Å²) in [6.45, 7) is 1.61. The third kappa shape index (κ3) is 11.7. The molecule has 0 radical (unpaired) electrons. The molecule has 0 saturated heterocycles. The van der Waals surface area contributed by atoms with Crippen LogP contribution in [0.1, 0.15) is 20.7 Å². The van der Waals surface area contributed by atoms with Gasteiger partial charge in [-0.3, -0.25) is 0 Å². The zero-order valence-electron chi connectivity index (χ0n) is 14.7. The fourth-order valence-electron chi connectivity index (χ4n) is 1.61. The predicted octanol–water partition coefficient (Wildman–Crippen LogP) is 1.67. The fourth-order valence-corrected chi connectivity index (χ4v) is 1.61. The van der Waals surface area contributed by atoms with Crippen LogP contribution in [0.15, 0.2) is 60.7 Å². The van der Waals surface area contributed by atoms with Gasteiger partial charge in [-0.05, 0) is 31.3 Å². The molecule has 142 valence electrons. The number of carbonyl (C=O) groups is 2. The summed E-state index contributed by atoms with van der Waals surface area (Å²) in [6.07, 6.45) is 0. The molecule has 0 bridgehead atoms. The molecule has 0 saturated carbocycles. The first-order valence-electron chi connectivity index (χ1n) is 7.89. The highest BCUT2D eigenvalue weighted by molar-refractivity contribution is 5.87. The third-order valence-corrected chi connectivity index (χ3v) is 3.00. The van der Waals surface area contributed by atoms with Crippen molar-refractivity contribution in [1.29, 1.82) is 0 Å². The highest BCUT2D eigenvalue weighted by Gasteiger charge is 1.97. The summed E-state index contributed by atoms with van der Waals surface area (Å²) in [5, 5.41) is 33.4. The zero-order valence-corrected chi connectivity index (χ0v) is 14.7. The summed E-state index contributed by atoms with van der Waals surface area (Å²) in [4.78, 5) is 22.3. The minimum Gasteiger partial charge on any atom is -0.478 e. The summed E-state index contributed by atoms with van der Waals surface area (Å²) >= 11 is 0. The normalized spacial score (nSPS) is 9.38. The molecule has 2 aromatic rings. The van der Waals surface area contributed by atoms with Gasteiger partial charge < -0.3 is 25.3 Å². The smallest absolute Gasteiger partial charge is 0.335 e. The van der Waals surface area contributed by atoms with Gasteiger partial charge >= 0.3 is 11.9 Å². The zero-order chi connectivity index (χ0) is 19.8. The summed E-state index contributed by atoms with van der Waals surface area (Å²) < 4.78 is 0. The number of hydrogen-bond acceptors (Lipinski definition) is 5. The maximum atomic E-state index is 10.2. The molecule has 2 aromatic carbocycles. The Morgan fingerprint density at radius 1 is 0.731 bits per heavy atom. The predicted molar refractivity (Wildman–Crippen MR) is 98.5 cm³/mol. The summed E-state index contributed by atoms with van der Waals surface area (Å²) in [5.41, 5.74) is 0.662. The van der Waals surface area contributed by atoms with Crippen molar-refractivity contribution in [2.24, 2.45) is 0 Å². The largest absolute Gasteiger partial charge is 0.478 e. The van der Waals surface area contributed by atoms with Gasteiger partial charge in [-0.1, -0.05) is 36.4 Å². The van der Waals surface area contributed by atoms with E-state index in [1.165, 1.54) is 0 Å². The van der Waals surface area contributed by atoms with Crippen molar-refractivity contribution in [3.63, 3.8) is 0 Å². The van der Waals surface area contributed by atoms with E-state index < -0.39 is 11.9 Å². The summed E-state index contributed by atoms with van der Waals surface area (Å²) in [7, 11) is 1.85. The van der Waals surface area contributed by atoms with Gasteiger partial charge in [-0.2, -0.15) is 0 Å². The van der Waals surface area contributed by atoms with E-state index in [-0.39, 0.29) is 13.2 Å². The van der Waals surface area contributed by atoms with Crippen LogP contribution in [0.2, 0.25) is 0 Å². The third-order valence-electron chi connectivity index (χ3n) is 3.00. The first kappa shape index (κ1) is 23.3. The topological polar surface area (TPSA) is 118 Å². The number of likely N-dealkylation sites (N-methyl/N-ethyl adjacent to an activating group) is 1. The molecule has 0 amide bonds. The summed E-state index contributed by atoms with van der Waals surface area (Å²) in [6, 6.07) is 16.6. The first-order chi connectivity index (χ1) is 12.4. The van der Waals surface area contributed by atoms with Crippen LogP contribution < -0.4 is 0 Å². The number of carboxylic acid groups (broad SMARTS) is 2. The van der Waals surface area contributed by atoms with Crippen LogP contribution in [-0.2, 0) is 0 Å². The summed E-state index contributed by atoms with van der Waals surface area (Å²) in [5.74, 6) is -1.76. The van der Waals surface area contributed by atoms with Gasteiger partial charge in [0.1, 0.15) is 0 Å². The maximum absolute atomic E-state index is 10.2. The van der Waals surface area contributed by atoms with Crippen LogP contribution in [0.5, 0.6) is 0 Å². The molecule has 2 rings (SSSR count). The lowest BCUT2D eigenvalue weighted by Crippen LogP contribution is -2.25. The highest BCUT2D eigenvalue weighted by atomic mass is 16.4. The number of rotatable bonds is 6. The number of benzene rings is 2. The second kappa shape index (κ2) is 14.6. The highest BCUT2D eigenvalue weighted by Crippen LogP contribution is 1.96. The van der Waals surface area contributed by atoms with E-state index in [1.807, 2.05) is 11.9 Å². The van der Waals surface area contributed by atoms with Crippen molar-refractivity contribution in [3.8, 4) is 0 Å². The number of nitrogens with zero attached hydrogens (tertiary/aromatic N) is 1. The molecule has 7 nitrogen and oxygen atoms in total. The monoisotopic (exact) mass is 363 g/mol. The quantitative estimate of drug-likeness (QED) is 0.616. The Hall–Kier alpha value is -2.74. The van der Waals surface area contributed by atoms with E-state index in [1.54, 1.807) is 60.7 Å². The first-order valence-corrected chi connectivity index (χ1v) is 7.89. The van der Waals surface area contributed by atoms with E-state index in [0.717, 1.165) is 0 Å². The molecular weight excluding hydrogens is 338 g/mol. The van der Waals surface area contributed by atoms with E-state index in [9.17, 15) is 9.59 Å². The number of hydrogen-bond donors (Lipinski definition) is 4. The average molecular weight is 363 g/mol. The molecule has 0 heterocycles. The van der Waals surface area contributed by atoms with Crippen LogP contribution in [0.4, 0.5) is 0 Å². The Morgan fingerprint density at radius 3 is 1.23 bits per heavy atom. The van der Waals surface area contributed by atoms with Gasteiger partial charge in [0.15, 0.2) is 0 Å². The van der Waals surface area contributed by atoms with Crippen molar-refractivity contribution in [3.05, 3.63) is 71.8 Å². The molecule has 0 aliphatic heterocycles. The lowest BCUT2D eigenvalue weighted by molar-refractivity contribution is 0.0686. The van der Waals surface area contributed by atoms with Crippen LogP contribution in [0.25, 0.3) is 0 Å². The van der Waals surface area contributed by atoms with Gasteiger partial charge in [0.2, 0.25) is 0 Å². The van der Waals surface area contributed by atoms with Crippen molar-refractivity contribution in [2.45, 2.75) is 0 Å².